The minimum atomic E-state index is -0.0413. The lowest BCUT2D eigenvalue weighted by Gasteiger charge is -2.32. The first kappa shape index (κ1) is 12.9. The first-order valence-electron chi connectivity index (χ1n) is 4.98. The second-order valence-electron chi connectivity index (χ2n) is 5.63. The maximum Gasteiger partial charge on any atom is 0.0631 e. The summed E-state index contributed by atoms with van der Waals surface area (Å²) in [5.74, 6) is 0. The molecule has 1 unspecified atom stereocenters. The molecule has 0 fully saturated rings. The highest BCUT2D eigenvalue weighted by Gasteiger charge is 2.24. The fraction of sp³-hybridized carbons (Fsp3) is 1.00. The van der Waals surface area contributed by atoms with E-state index in [2.05, 4.69) is 46.9 Å². The van der Waals surface area contributed by atoms with Crippen molar-refractivity contribution in [2.24, 2.45) is 5.41 Å². The van der Waals surface area contributed by atoms with E-state index < -0.39 is 0 Å². The summed E-state index contributed by atoms with van der Waals surface area (Å²) in [4.78, 5) is 0. The second kappa shape index (κ2) is 4.43. The molecule has 0 bridgehead atoms. The van der Waals surface area contributed by atoms with Crippen molar-refractivity contribution in [1.29, 1.82) is 0 Å². The van der Waals surface area contributed by atoms with Gasteiger partial charge in [-0.05, 0) is 33.2 Å². The monoisotopic (exact) mass is 187 g/mol. The lowest BCUT2D eigenvalue weighted by Crippen LogP contribution is -2.43. The molecule has 80 valence electrons. The van der Waals surface area contributed by atoms with Crippen LogP contribution in [0.5, 0.6) is 0 Å². The van der Waals surface area contributed by atoms with Crippen molar-refractivity contribution >= 4 is 0 Å². The molecule has 0 aliphatic rings. The zero-order valence-electron chi connectivity index (χ0n) is 10.2. The topological polar surface area (TPSA) is 21.3 Å². The van der Waals surface area contributed by atoms with E-state index in [1.807, 2.05) is 7.05 Å². The van der Waals surface area contributed by atoms with Gasteiger partial charge in [0.1, 0.15) is 0 Å². The predicted octanol–water partition coefficient (Wildman–Crippen LogP) is 2.44. The number of hydrogen-bond acceptors (Lipinski definition) is 2. The molecule has 0 radical (unpaired) electrons. The van der Waals surface area contributed by atoms with Crippen LogP contribution in [-0.2, 0) is 4.74 Å². The maximum atomic E-state index is 5.75. The lowest BCUT2D eigenvalue weighted by atomic mass is 9.87. The molecule has 0 aromatic rings. The zero-order chi connectivity index (χ0) is 10.7. The maximum absolute atomic E-state index is 5.75. The average molecular weight is 187 g/mol. The highest BCUT2D eigenvalue weighted by molar-refractivity contribution is 4.79. The van der Waals surface area contributed by atoms with Crippen molar-refractivity contribution in [2.45, 2.75) is 53.2 Å². The highest BCUT2D eigenvalue weighted by Crippen LogP contribution is 2.20. The molecule has 0 rings (SSSR count). The summed E-state index contributed by atoms with van der Waals surface area (Å²) in [7, 11) is 1.99. The summed E-state index contributed by atoms with van der Waals surface area (Å²) < 4.78 is 5.75. The Labute approximate surface area is 83.1 Å². The van der Waals surface area contributed by atoms with E-state index in [-0.39, 0.29) is 11.0 Å². The summed E-state index contributed by atoms with van der Waals surface area (Å²) in [5.41, 5.74) is 0.209. The van der Waals surface area contributed by atoms with Gasteiger partial charge in [-0.3, -0.25) is 0 Å². The molecule has 0 aromatic carbocycles. The van der Waals surface area contributed by atoms with Crippen LogP contribution >= 0.6 is 0 Å². The van der Waals surface area contributed by atoms with E-state index in [9.17, 15) is 0 Å². The summed E-state index contributed by atoms with van der Waals surface area (Å²) >= 11 is 0. The van der Waals surface area contributed by atoms with Crippen LogP contribution < -0.4 is 5.32 Å². The van der Waals surface area contributed by atoms with Gasteiger partial charge in [-0.25, -0.2) is 0 Å². The number of hydrogen-bond donors (Lipinski definition) is 1. The van der Waals surface area contributed by atoms with Gasteiger partial charge in [0, 0.05) is 6.04 Å². The van der Waals surface area contributed by atoms with Gasteiger partial charge in [-0.15, -0.1) is 0 Å². The van der Waals surface area contributed by atoms with Gasteiger partial charge < -0.3 is 10.1 Å². The molecule has 0 saturated heterocycles. The number of ether oxygens (including phenoxy) is 1. The van der Waals surface area contributed by atoms with E-state index in [0.29, 0.717) is 6.04 Å². The van der Waals surface area contributed by atoms with Gasteiger partial charge in [-0.2, -0.15) is 0 Å². The number of rotatable bonds is 3. The number of nitrogens with one attached hydrogen (secondary N) is 1. The molecule has 0 aliphatic carbocycles. The third kappa shape index (κ3) is 6.05. The molecule has 2 heteroatoms. The molecular formula is C11H25NO. The molecule has 0 aliphatic heterocycles. The van der Waals surface area contributed by atoms with Crippen molar-refractivity contribution in [3.63, 3.8) is 0 Å². The van der Waals surface area contributed by atoms with Gasteiger partial charge >= 0.3 is 0 Å². The summed E-state index contributed by atoms with van der Waals surface area (Å²) in [5, 5.41) is 3.29. The first-order valence-corrected chi connectivity index (χ1v) is 4.98. The summed E-state index contributed by atoms with van der Waals surface area (Å²) in [6.07, 6.45) is 0. The van der Waals surface area contributed by atoms with Crippen molar-refractivity contribution in [3.8, 4) is 0 Å². The van der Waals surface area contributed by atoms with Crippen LogP contribution in [0.3, 0.4) is 0 Å². The molecule has 0 amide bonds. The van der Waals surface area contributed by atoms with Gasteiger partial charge in [-0.1, -0.05) is 20.8 Å². The zero-order valence-corrected chi connectivity index (χ0v) is 10.2. The van der Waals surface area contributed by atoms with Gasteiger partial charge in [0.15, 0.2) is 0 Å². The second-order valence-corrected chi connectivity index (χ2v) is 5.63. The van der Waals surface area contributed by atoms with Crippen molar-refractivity contribution < 1.29 is 4.74 Å². The van der Waals surface area contributed by atoms with E-state index in [0.717, 1.165) is 6.61 Å². The lowest BCUT2D eigenvalue weighted by molar-refractivity contribution is -0.0279. The third-order valence-corrected chi connectivity index (χ3v) is 2.08. The van der Waals surface area contributed by atoms with Gasteiger partial charge in [0.25, 0.3) is 0 Å². The smallest absolute Gasteiger partial charge is 0.0631 e. The molecule has 1 N–H and O–H groups in total. The largest absolute Gasteiger partial charge is 0.374 e. The molecule has 1 atom stereocenters. The van der Waals surface area contributed by atoms with Crippen LogP contribution in [0.1, 0.15) is 41.5 Å². The van der Waals surface area contributed by atoms with E-state index in [1.165, 1.54) is 0 Å². The van der Waals surface area contributed by atoms with Gasteiger partial charge in [0.05, 0.1) is 12.2 Å². The standard InChI is InChI=1S/C11H25NO/c1-10(2,3)9(12-7)8-13-11(4,5)6/h9,12H,8H2,1-7H3. The Morgan fingerprint density at radius 2 is 1.54 bits per heavy atom. The molecule has 0 aromatic heterocycles. The van der Waals surface area contributed by atoms with Crippen LogP contribution in [0.2, 0.25) is 0 Å². The Balaban J connectivity index is 4.02. The minimum absolute atomic E-state index is 0.0413. The van der Waals surface area contributed by atoms with Crippen LogP contribution in [0.15, 0.2) is 0 Å². The quantitative estimate of drug-likeness (QED) is 0.732. The molecule has 0 saturated carbocycles. The molecule has 0 heterocycles. The summed E-state index contributed by atoms with van der Waals surface area (Å²) in [6, 6.07) is 0.409. The average Bonchev–Trinajstić information content (AvgIpc) is 1.82. The predicted molar refractivity (Wildman–Crippen MR) is 58.0 cm³/mol. The van der Waals surface area contributed by atoms with E-state index >= 15 is 0 Å². The van der Waals surface area contributed by atoms with Crippen LogP contribution in [0.25, 0.3) is 0 Å². The molecular weight excluding hydrogens is 162 g/mol. The van der Waals surface area contributed by atoms with Gasteiger partial charge in [0.2, 0.25) is 0 Å². The van der Waals surface area contributed by atoms with Crippen LogP contribution in [-0.4, -0.2) is 25.3 Å². The highest BCUT2D eigenvalue weighted by atomic mass is 16.5. The van der Waals surface area contributed by atoms with Crippen molar-refractivity contribution in [2.75, 3.05) is 13.7 Å². The van der Waals surface area contributed by atoms with Crippen molar-refractivity contribution in [3.05, 3.63) is 0 Å². The summed E-state index contributed by atoms with van der Waals surface area (Å²) in [6.45, 7) is 13.7. The van der Waals surface area contributed by atoms with Crippen LogP contribution in [0, 0.1) is 5.41 Å². The Morgan fingerprint density at radius 1 is 1.08 bits per heavy atom. The number of likely N-dealkylation sites (N-methyl/N-ethyl adjacent to an activating group) is 1. The molecule has 0 spiro atoms. The Kier molecular flexibility index (Phi) is 4.40. The fourth-order valence-corrected chi connectivity index (χ4v) is 1.10. The SMILES string of the molecule is CNC(COC(C)(C)C)C(C)(C)C. The Bertz CT molecular complexity index is 141. The first-order chi connectivity index (χ1) is 5.67. The van der Waals surface area contributed by atoms with Crippen LogP contribution in [0.4, 0.5) is 0 Å². The minimum Gasteiger partial charge on any atom is -0.374 e. The third-order valence-electron chi connectivity index (χ3n) is 2.08. The van der Waals surface area contributed by atoms with Crippen molar-refractivity contribution in [1.82, 2.24) is 5.32 Å². The normalized spacial score (nSPS) is 15.9. The Hall–Kier alpha value is -0.0800. The molecule has 2 nitrogen and oxygen atoms in total. The molecule has 13 heavy (non-hydrogen) atoms. The Morgan fingerprint density at radius 3 is 1.77 bits per heavy atom. The van der Waals surface area contributed by atoms with E-state index in [4.69, 9.17) is 4.74 Å². The van der Waals surface area contributed by atoms with E-state index in [1.54, 1.807) is 0 Å². The fourth-order valence-electron chi connectivity index (χ4n) is 1.10.